The average Bonchev–Trinajstić information content (AvgIpc) is 2.20. The first-order valence-electron chi connectivity index (χ1n) is 4.28. The van der Waals surface area contributed by atoms with Crippen LogP contribution in [0.15, 0.2) is 17.0 Å². The molecule has 0 fully saturated rings. The number of halogens is 1. The van der Waals surface area contributed by atoms with Crippen molar-refractivity contribution in [1.82, 2.24) is 9.97 Å². The summed E-state index contributed by atoms with van der Waals surface area (Å²) in [5.41, 5.74) is 0. The predicted octanol–water partition coefficient (Wildman–Crippen LogP) is 1.42. The first-order chi connectivity index (χ1) is 6.74. The van der Waals surface area contributed by atoms with Crippen molar-refractivity contribution in [3.63, 3.8) is 0 Å². The maximum Gasteiger partial charge on any atom is 0.143 e. The topological polar surface area (TPSA) is 54.9 Å². The van der Waals surface area contributed by atoms with Gasteiger partial charge in [-0.2, -0.15) is 0 Å². The van der Waals surface area contributed by atoms with Gasteiger partial charge in [-0.15, -0.1) is 0 Å². The molecule has 1 aromatic rings. The molecule has 1 rings (SSSR count). The molecule has 6 heteroatoms. The molecule has 0 bridgehead atoms. The van der Waals surface area contributed by atoms with Crippen LogP contribution < -0.4 is 5.32 Å². The molecule has 0 aromatic carbocycles. The lowest BCUT2D eigenvalue weighted by Gasteiger charge is -2.05. The Morgan fingerprint density at radius 2 is 2.43 bits per heavy atom. The first kappa shape index (κ1) is 11.6. The van der Waals surface area contributed by atoms with Crippen LogP contribution in [0.5, 0.6) is 0 Å². The molecule has 78 valence electrons. The maximum absolute atomic E-state index is 11.1. The maximum atomic E-state index is 11.1. The Kier molecular flexibility index (Phi) is 5.03. The van der Waals surface area contributed by atoms with E-state index in [0.29, 0.717) is 18.1 Å². The molecular weight excluding hydrogens is 266 g/mol. The van der Waals surface area contributed by atoms with Crippen LogP contribution in [0.1, 0.15) is 6.92 Å². The number of rotatable bonds is 5. The smallest absolute Gasteiger partial charge is 0.143 e. The fourth-order valence-corrected chi connectivity index (χ4v) is 1.85. The van der Waals surface area contributed by atoms with Crippen molar-refractivity contribution < 1.29 is 4.21 Å². The number of hydrogen-bond acceptors (Lipinski definition) is 4. The van der Waals surface area contributed by atoms with E-state index in [-0.39, 0.29) is 0 Å². The fourth-order valence-electron chi connectivity index (χ4n) is 0.870. The zero-order valence-electron chi connectivity index (χ0n) is 7.86. The van der Waals surface area contributed by atoms with Crippen molar-refractivity contribution in [2.24, 2.45) is 0 Å². The van der Waals surface area contributed by atoms with E-state index in [2.05, 4.69) is 31.2 Å². The number of hydrogen-bond donors (Lipinski definition) is 1. The molecule has 0 saturated carbocycles. The number of nitrogens with zero attached hydrogens (tertiary/aromatic N) is 2. The summed E-state index contributed by atoms with van der Waals surface area (Å²) in [6.07, 6.45) is 3.15. The predicted molar refractivity (Wildman–Crippen MR) is 61.8 cm³/mol. The van der Waals surface area contributed by atoms with Gasteiger partial charge in [0.05, 0.1) is 4.47 Å². The Hall–Kier alpha value is -0.490. The lowest BCUT2D eigenvalue weighted by atomic mass is 10.5. The summed E-state index contributed by atoms with van der Waals surface area (Å²) in [5.74, 6) is 2.09. The highest BCUT2D eigenvalue weighted by Crippen LogP contribution is 2.16. The van der Waals surface area contributed by atoms with Gasteiger partial charge in [-0.05, 0) is 15.9 Å². The summed E-state index contributed by atoms with van der Waals surface area (Å²) in [7, 11) is -0.728. The Balaban J connectivity index is 2.39. The summed E-state index contributed by atoms with van der Waals surface area (Å²) in [5, 5.41) is 3.09. The molecule has 1 unspecified atom stereocenters. The molecule has 1 N–H and O–H groups in total. The van der Waals surface area contributed by atoms with Gasteiger partial charge >= 0.3 is 0 Å². The fraction of sp³-hybridized carbons (Fsp3) is 0.500. The van der Waals surface area contributed by atoms with E-state index < -0.39 is 10.8 Å². The summed E-state index contributed by atoms with van der Waals surface area (Å²) >= 11 is 3.32. The second kappa shape index (κ2) is 6.08. The normalized spacial score (nSPS) is 12.4. The van der Waals surface area contributed by atoms with Gasteiger partial charge in [0.1, 0.15) is 12.1 Å². The second-order valence-corrected chi connectivity index (χ2v) is 5.30. The van der Waals surface area contributed by atoms with Crippen LogP contribution in [0, 0.1) is 0 Å². The lowest BCUT2D eigenvalue weighted by molar-refractivity contribution is 0.684. The highest BCUT2D eigenvalue weighted by Gasteiger charge is 2.00. The van der Waals surface area contributed by atoms with Gasteiger partial charge in [0.25, 0.3) is 0 Å². The number of aromatic nitrogens is 2. The largest absolute Gasteiger partial charge is 0.368 e. The summed E-state index contributed by atoms with van der Waals surface area (Å²) in [4.78, 5) is 7.88. The van der Waals surface area contributed by atoms with Crippen molar-refractivity contribution in [3.8, 4) is 0 Å². The minimum Gasteiger partial charge on any atom is -0.368 e. The second-order valence-electron chi connectivity index (χ2n) is 2.58. The van der Waals surface area contributed by atoms with Crippen LogP contribution >= 0.6 is 15.9 Å². The minimum atomic E-state index is -0.728. The molecule has 0 amide bonds. The third-order valence-corrected chi connectivity index (χ3v) is 3.50. The molecular formula is C8H12BrN3OS. The summed E-state index contributed by atoms with van der Waals surface area (Å²) < 4.78 is 11.9. The zero-order valence-corrected chi connectivity index (χ0v) is 10.3. The highest BCUT2D eigenvalue weighted by atomic mass is 79.9. The summed E-state index contributed by atoms with van der Waals surface area (Å²) in [6, 6.07) is 0. The Morgan fingerprint density at radius 3 is 3.07 bits per heavy atom. The molecule has 4 nitrogen and oxygen atoms in total. The first-order valence-corrected chi connectivity index (χ1v) is 6.56. The van der Waals surface area contributed by atoms with E-state index in [1.165, 1.54) is 6.33 Å². The molecule has 1 atom stereocenters. The highest BCUT2D eigenvalue weighted by molar-refractivity contribution is 9.10. The SMILES string of the molecule is CCS(=O)CCNc1ncncc1Br. The van der Waals surface area contributed by atoms with Crippen LogP contribution in [0.3, 0.4) is 0 Å². The molecule has 0 aliphatic carbocycles. The minimum absolute atomic E-state index is 0.646. The molecule has 0 aliphatic heterocycles. The van der Waals surface area contributed by atoms with Gasteiger partial charge in [0.2, 0.25) is 0 Å². The van der Waals surface area contributed by atoms with E-state index >= 15 is 0 Å². The van der Waals surface area contributed by atoms with Crippen molar-refractivity contribution >= 4 is 32.5 Å². The molecule has 0 radical (unpaired) electrons. The Morgan fingerprint density at radius 1 is 1.64 bits per heavy atom. The Labute approximate surface area is 94.1 Å². The third kappa shape index (κ3) is 3.71. The van der Waals surface area contributed by atoms with Gasteiger partial charge in [-0.1, -0.05) is 6.92 Å². The lowest BCUT2D eigenvalue weighted by Crippen LogP contribution is -2.13. The Bertz CT molecular complexity index is 321. The summed E-state index contributed by atoms with van der Waals surface area (Å²) in [6.45, 7) is 2.58. The quantitative estimate of drug-likeness (QED) is 0.885. The molecule has 1 aromatic heterocycles. The van der Waals surface area contributed by atoms with Gasteiger partial charge in [-0.3, -0.25) is 4.21 Å². The standard InChI is InChI=1S/C8H12BrN3OS/c1-2-14(13)4-3-11-8-7(9)5-10-6-12-8/h5-6H,2-4H2,1H3,(H,10,11,12). The van der Waals surface area contributed by atoms with E-state index in [1.54, 1.807) is 6.20 Å². The zero-order chi connectivity index (χ0) is 10.4. The van der Waals surface area contributed by atoms with Gasteiger partial charge in [-0.25, -0.2) is 9.97 Å². The van der Waals surface area contributed by atoms with Crippen LogP contribution in [0.4, 0.5) is 5.82 Å². The van der Waals surface area contributed by atoms with Crippen LogP contribution in [-0.2, 0) is 10.8 Å². The molecule has 14 heavy (non-hydrogen) atoms. The molecule has 0 spiro atoms. The van der Waals surface area contributed by atoms with Gasteiger partial charge < -0.3 is 5.32 Å². The molecule has 0 aliphatic rings. The van der Waals surface area contributed by atoms with Crippen molar-refractivity contribution in [1.29, 1.82) is 0 Å². The molecule has 1 heterocycles. The van der Waals surface area contributed by atoms with E-state index in [9.17, 15) is 4.21 Å². The van der Waals surface area contributed by atoms with Crippen LogP contribution in [0.2, 0.25) is 0 Å². The average molecular weight is 278 g/mol. The molecule has 0 saturated heterocycles. The number of nitrogens with one attached hydrogen (secondary N) is 1. The van der Waals surface area contributed by atoms with Gasteiger partial charge in [0, 0.05) is 35.0 Å². The van der Waals surface area contributed by atoms with Crippen LogP contribution in [0.25, 0.3) is 0 Å². The van der Waals surface area contributed by atoms with Gasteiger partial charge in [0.15, 0.2) is 0 Å². The van der Waals surface area contributed by atoms with E-state index in [0.717, 1.165) is 10.3 Å². The number of anilines is 1. The van der Waals surface area contributed by atoms with Crippen molar-refractivity contribution in [2.45, 2.75) is 6.92 Å². The monoisotopic (exact) mass is 277 g/mol. The van der Waals surface area contributed by atoms with Crippen LogP contribution in [-0.4, -0.2) is 32.2 Å². The van der Waals surface area contributed by atoms with Crippen molar-refractivity contribution in [2.75, 3.05) is 23.4 Å². The van der Waals surface area contributed by atoms with E-state index in [4.69, 9.17) is 0 Å². The van der Waals surface area contributed by atoms with Crippen molar-refractivity contribution in [3.05, 3.63) is 17.0 Å². The third-order valence-electron chi connectivity index (χ3n) is 1.61. The van der Waals surface area contributed by atoms with E-state index in [1.807, 2.05) is 6.92 Å².